The highest BCUT2D eigenvalue weighted by atomic mass is 16.5. The first-order valence-electron chi connectivity index (χ1n) is 7.33. The summed E-state index contributed by atoms with van der Waals surface area (Å²) in [5.74, 6) is 1.06. The third kappa shape index (κ3) is 3.14. The monoisotopic (exact) mass is 281 g/mol. The van der Waals surface area contributed by atoms with E-state index in [1.807, 2.05) is 48.5 Å². The summed E-state index contributed by atoms with van der Waals surface area (Å²) in [6, 6.07) is 15.5. The molecule has 1 aliphatic heterocycles. The van der Waals surface area contributed by atoms with Crippen molar-refractivity contribution in [3.8, 4) is 5.75 Å². The minimum atomic E-state index is -0.0899. The van der Waals surface area contributed by atoms with Gasteiger partial charge in [0.2, 0.25) is 0 Å². The van der Waals surface area contributed by atoms with Crippen LogP contribution in [0.2, 0.25) is 0 Å². The van der Waals surface area contributed by atoms with Crippen molar-refractivity contribution in [1.29, 1.82) is 0 Å². The lowest BCUT2D eigenvalue weighted by molar-refractivity contribution is 0.0977. The van der Waals surface area contributed by atoms with Crippen molar-refractivity contribution in [2.75, 3.05) is 6.61 Å². The first-order chi connectivity index (χ1) is 10.2. The number of ketones is 1. The van der Waals surface area contributed by atoms with E-state index in [1.165, 1.54) is 0 Å². The van der Waals surface area contributed by atoms with Crippen LogP contribution in [0.15, 0.2) is 48.5 Å². The van der Waals surface area contributed by atoms with Crippen LogP contribution in [0.25, 0.3) is 0 Å². The largest absolute Gasteiger partial charge is 0.493 e. The summed E-state index contributed by atoms with van der Waals surface area (Å²) < 4.78 is 5.46. The molecule has 0 aliphatic carbocycles. The number of fused-ring (bicyclic) bond motifs is 1. The highest BCUT2D eigenvalue weighted by Gasteiger charge is 2.16. The highest BCUT2D eigenvalue weighted by Crippen LogP contribution is 2.27. The molecule has 2 aromatic carbocycles. The van der Waals surface area contributed by atoms with E-state index in [2.05, 4.69) is 0 Å². The van der Waals surface area contributed by atoms with E-state index in [-0.39, 0.29) is 11.8 Å². The highest BCUT2D eigenvalue weighted by molar-refractivity contribution is 5.96. The van der Waals surface area contributed by atoms with E-state index in [1.54, 1.807) is 0 Å². The van der Waals surface area contributed by atoms with Gasteiger partial charge in [-0.05, 0) is 35.7 Å². The number of hydrogen-bond acceptors (Lipinski definition) is 3. The fourth-order valence-corrected chi connectivity index (χ4v) is 2.66. The summed E-state index contributed by atoms with van der Waals surface area (Å²) in [5, 5.41) is 0. The first kappa shape index (κ1) is 13.8. The van der Waals surface area contributed by atoms with Gasteiger partial charge in [-0.3, -0.25) is 4.79 Å². The van der Waals surface area contributed by atoms with E-state index in [4.69, 9.17) is 10.5 Å². The van der Waals surface area contributed by atoms with Crippen molar-refractivity contribution >= 4 is 5.78 Å². The lowest BCUT2D eigenvalue weighted by Gasteiger charge is -2.11. The Morgan fingerprint density at radius 2 is 2.00 bits per heavy atom. The maximum absolute atomic E-state index is 12.3. The van der Waals surface area contributed by atoms with Crippen molar-refractivity contribution in [1.82, 2.24) is 0 Å². The molecule has 2 N–H and O–H groups in total. The van der Waals surface area contributed by atoms with Gasteiger partial charge in [-0.25, -0.2) is 0 Å². The van der Waals surface area contributed by atoms with Gasteiger partial charge in [-0.15, -0.1) is 0 Å². The molecule has 21 heavy (non-hydrogen) atoms. The molecule has 0 fully saturated rings. The second-order valence-corrected chi connectivity index (χ2v) is 5.40. The van der Waals surface area contributed by atoms with Crippen LogP contribution in [0.1, 0.15) is 40.4 Å². The topological polar surface area (TPSA) is 52.3 Å². The number of benzene rings is 2. The zero-order chi connectivity index (χ0) is 14.7. The normalized spacial score (nSPS) is 14.3. The molecule has 1 heterocycles. The van der Waals surface area contributed by atoms with Crippen molar-refractivity contribution in [2.24, 2.45) is 5.73 Å². The molecule has 2 aromatic rings. The second-order valence-electron chi connectivity index (χ2n) is 5.40. The van der Waals surface area contributed by atoms with Crippen molar-refractivity contribution in [3.05, 3.63) is 65.2 Å². The molecule has 1 aliphatic rings. The fourth-order valence-electron chi connectivity index (χ4n) is 2.66. The fraction of sp³-hybridized carbons (Fsp3) is 0.278. The Hall–Kier alpha value is -2.13. The molecule has 0 saturated heterocycles. The molecule has 3 nitrogen and oxygen atoms in total. The van der Waals surface area contributed by atoms with Crippen LogP contribution in [0, 0.1) is 0 Å². The molecule has 3 heteroatoms. The Balaban J connectivity index is 1.62. The van der Waals surface area contributed by atoms with E-state index in [9.17, 15) is 4.79 Å². The Labute approximate surface area is 124 Å². The summed E-state index contributed by atoms with van der Waals surface area (Å²) in [4.78, 5) is 12.3. The van der Waals surface area contributed by atoms with Crippen LogP contribution in [0.3, 0.4) is 0 Å². The van der Waals surface area contributed by atoms with E-state index < -0.39 is 0 Å². The zero-order valence-corrected chi connectivity index (χ0v) is 11.9. The van der Waals surface area contributed by atoms with Gasteiger partial charge in [-0.2, -0.15) is 0 Å². The van der Waals surface area contributed by atoms with Gasteiger partial charge in [0.1, 0.15) is 5.75 Å². The van der Waals surface area contributed by atoms with Gasteiger partial charge in [0, 0.05) is 24.4 Å². The minimum absolute atomic E-state index is 0.0899. The van der Waals surface area contributed by atoms with Gasteiger partial charge < -0.3 is 10.5 Å². The Kier molecular flexibility index (Phi) is 4.02. The predicted octanol–water partition coefficient (Wildman–Crippen LogP) is 3.28. The molecule has 1 unspecified atom stereocenters. The maximum atomic E-state index is 12.3. The Bertz CT molecular complexity index is 637. The van der Waals surface area contributed by atoms with Crippen LogP contribution in [0.4, 0.5) is 0 Å². The lowest BCUT2D eigenvalue weighted by Crippen LogP contribution is -2.12. The summed E-state index contributed by atoms with van der Waals surface area (Å²) in [6.07, 6.45) is 2.02. The van der Waals surface area contributed by atoms with Gasteiger partial charge in [0.05, 0.1) is 6.61 Å². The summed E-state index contributed by atoms with van der Waals surface area (Å²) in [6.45, 7) is 0.714. The lowest BCUT2D eigenvalue weighted by atomic mass is 9.98. The van der Waals surface area contributed by atoms with Crippen molar-refractivity contribution in [3.63, 3.8) is 0 Å². The van der Waals surface area contributed by atoms with E-state index in [0.717, 1.165) is 28.9 Å². The summed E-state index contributed by atoms with van der Waals surface area (Å²) in [5.41, 5.74) is 9.11. The van der Waals surface area contributed by atoms with Crippen LogP contribution >= 0.6 is 0 Å². The Morgan fingerprint density at radius 1 is 1.19 bits per heavy atom. The van der Waals surface area contributed by atoms with Crippen molar-refractivity contribution in [2.45, 2.75) is 25.3 Å². The van der Waals surface area contributed by atoms with Crippen LogP contribution in [0.5, 0.6) is 5.75 Å². The van der Waals surface area contributed by atoms with E-state index in [0.29, 0.717) is 19.4 Å². The third-order valence-electron chi connectivity index (χ3n) is 3.92. The SMILES string of the molecule is NC(CCC(=O)c1ccc2c(c1)CCO2)c1ccccc1. The molecule has 0 bridgehead atoms. The predicted molar refractivity (Wildman–Crippen MR) is 82.6 cm³/mol. The Morgan fingerprint density at radius 3 is 2.81 bits per heavy atom. The maximum Gasteiger partial charge on any atom is 0.162 e. The molecule has 0 aromatic heterocycles. The second kappa shape index (κ2) is 6.10. The van der Waals surface area contributed by atoms with Crippen molar-refractivity contribution < 1.29 is 9.53 Å². The minimum Gasteiger partial charge on any atom is -0.493 e. The van der Waals surface area contributed by atoms with E-state index >= 15 is 0 Å². The number of carbonyl (C=O) groups is 1. The molecule has 0 amide bonds. The molecule has 3 rings (SSSR count). The molecule has 0 spiro atoms. The molecular weight excluding hydrogens is 262 g/mol. The third-order valence-corrected chi connectivity index (χ3v) is 3.92. The number of hydrogen-bond donors (Lipinski definition) is 1. The standard InChI is InChI=1S/C18H19NO2/c19-16(13-4-2-1-3-5-13)7-8-17(20)14-6-9-18-15(12-14)10-11-21-18/h1-6,9,12,16H,7-8,10-11,19H2. The van der Waals surface area contributed by atoms with Crippen LogP contribution in [-0.4, -0.2) is 12.4 Å². The molecular formula is C18H19NO2. The average Bonchev–Trinajstić information content (AvgIpc) is 3.00. The average molecular weight is 281 g/mol. The van der Waals surface area contributed by atoms with Gasteiger partial charge in [-0.1, -0.05) is 30.3 Å². The zero-order valence-electron chi connectivity index (χ0n) is 11.9. The van der Waals surface area contributed by atoms with Crippen LogP contribution in [-0.2, 0) is 6.42 Å². The number of nitrogens with two attached hydrogens (primary N) is 1. The number of carbonyl (C=O) groups excluding carboxylic acids is 1. The molecule has 0 saturated carbocycles. The summed E-state index contributed by atoms with van der Waals surface area (Å²) >= 11 is 0. The molecule has 1 atom stereocenters. The number of ether oxygens (including phenoxy) is 1. The van der Waals surface area contributed by atoms with Gasteiger partial charge in [0.25, 0.3) is 0 Å². The smallest absolute Gasteiger partial charge is 0.162 e. The quantitative estimate of drug-likeness (QED) is 0.856. The molecule has 108 valence electrons. The van der Waals surface area contributed by atoms with Gasteiger partial charge >= 0.3 is 0 Å². The summed E-state index contributed by atoms with van der Waals surface area (Å²) in [7, 11) is 0. The number of Topliss-reactive ketones (excluding diaryl/α,β-unsaturated/α-hetero) is 1. The first-order valence-corrected chi connectivity index (χ1v) is 7.33. The van der Waals surface area contributed by atoms with Gasteiger partial charge in [0.15, 0.2) is 5.78 Å². The molecule has 0 radical (unpaired) electrons. The van der Waals surface area contributed by atoms with Crippen LogP contribution < -0.4 is 10.5 Å². The number of rotatable bonds is 5.